The number of nitrogen functional groups attached to an aromatic ring is 1. The van der Waals surface area contributed by atoms with Crippen molar-refractivity contribution in [3.05, 3.63) is 28.2 Å². The van der Waals surface area contributed by atoms with E-state index < -0.39 is 10.0 Å². The number of carbonyl (C=O) groups is 1. The van der Waals surface area contributed by atoms with Gasteiger partial charge in [0.05, 0.1) is 5.75 Å². The van der Waals surface area contributed by atoms with E-state index in [0.29, 0.717) is 22.3 Å². The molecular weight excluding hydrogens is 334 g/mol. The highest BCUT2D eigenvalue weighted by atomic mass is 79.9. The molecule has 0 saturated carbocycles. The summed E-state index contributed by atoms with van der Waals surface area (Å²) in [5, 5.41) is 2.53. The topological polar surface area (TPSA) is 101 Å². The summed E-state index contributed by atoms with van der Waals surface area (Å²) in [7, 11) is -3.32. The van der Waals surface area contributed by atoms with Gasteiger partial charge in [-0.2, -0.15) is 0 Å². The summed E-state index contributed by atoms with van der Waals surface area (Å²) in [6.07, 6.45) is 0. The summed E-state index contributed by atoms with van der Waals surface area (Å²) in [6.45, 7) is 2.07. The van der Waals surface area contributed by atoms with E-state index in [4.69, 9.17) is 5.73 Å². The summed E-state index contributed by atoms with van der Waals surface area (Å²) in [4.78, 5) is 11.8. The molecule has 0 spiro atoms. The second-order valence-electron chi connectivity index (χ2n) is 3.85. The molecule has 0 atom stereocenters. The molecule has 4 N–H and O–H groups in total. The maximum absolute atomic E-state index is 11.8. The van der Waals surface area contributed by atoms with E-state index in [2.05, 4.69) is 26.0 Å². The molecule has 0 aliphatic rings. The van der Waals surface area contributed by atoms with Crippen LogP contribution in [0.2, 0.25) is 0 Å². The van der Waals surface area contributed by atoms with Gasteiger partial charge in [0.2, 0.25) is 10.0 Å². The lowest BCUT2D eigenvalue weighted by Crippen LogP contribution is -2.34. The number of nitrogens with one attached hydrogen (secondary N) is 2. The number of carbonyl (C=O) groups excluding carboxylic acids is 1. The van der Waals surface area contributed by atoms with E-state index in [1.165, 1.54) is 6.07 Å². The molecule has 0 aliphatic heterocycles. The first kappa shape index (κ1) is 15.9. The standard InChI is InChI=1S/C11H16BrN3O3S/c1-2-15-19(17,18)4-3-14-11(16)8-5-9(12)7-10(13)6-8/h5-7,15H,2-4,13H2,1H3,(H,14,16). The molecule has 1 rings (SSSR count). The first-order valence-electron chi connectivity index (χ1n) is 5.65. The Morgan fingerprint density at radius 2 is 2.05 bits per heavy atom. The van der Waals surface area contributed by atoms with Crippen molar-refractivity contribution in [2.75, 3.05) is 24.6 Å². The van der Waals surface area contributed by atoms with Crippen LogP contribution in [0.25, 0.3) is 0 Å². The van der Waals surface area contributed by atoms with Crippen LogP contribution >= 0.6 is 15.9 Å². The Morgan fingerprint density at radius 3 is 2.63 bits per heavy atom. The Morgan fingerprint density at radius 1 is 1.37 bits per heavy atom. The third kappa shape index (κ3) is 5.58. The van der Waals surface area contributed by atoms with Gasteiger partial charge in [0.25, 0.3) is 5.91 Å². The lowest BCUT2D eigenvalue weighted by atomic mass is 10.2. The average molecular weight is 350 g/mol. The Labute approximate surface area is 120 Å². The van der Waals surface area contributed by atoms with Crippen LogP contribution < -0.4 is 15.8 Å². The SMILES string of the molecule is CCNS(=O)(=O)CCNC(=O)c1cc(N)cc(Br)c1. The maximum Gasteiger partial charge on any atom is 0.251 e. The number of anilines is 1. The number of rotatable bonds is 6. The highest BCUT2D eigenvalue weighted by Crippen LogP contribution is 2.17. The van der Waals surface area contributed by atoms with Crippen molar-refractivity contribution in [2.24, 2.45) is 0 Å². The minimum absolute atomic E-state index is 0.0422. The van der Waals surface area contributed by atoms with Gasteiger partial charge < -0.3 is 11.1 Å². The second-order valence-corrected chi connectivity index (χ2v) is 6.69. The molecule has 0 bridgehead atoms. The zero-order valence-corrected chi connectivity index (χ0v) is 12.8. The normalized spacial score (nSPS) is 11.3. The number of benzene rings is 1. The molecule has 1 amide bonds. The van der Waals surface area contributed by atoms with Gasteiger partial charge >= 0.3 is 0 Å². The van der Waals surface area contributed by atoms with Gasteiger partial charge in [-0.25, -0.2) is 13.1 Å². The van der Waals surface area contributed by atoms with Crippen LogP contribution in [0.4, 0.5) is 5.69 Å². The molecule has 1 aromatic carbocycles. The number of amides is 1. The third-order valence-corrected chi connectivity index (χ3v) is 4.13. The monoisotopic (exact) mass is 349 g/mol. The fourth-order valence-electron chi connectivity index (χ4n) is 1.44. The zero-order valence-electron chi connectivity index (χ0n) is 10.4. The molecule has 0 aliphatic carbocycles. The van der Waals surface area contributed by atoms with Crippen LogP contribution in [-0.2, 0) is 10.0 Å². The van der Waals surface area contributed by atoms with Crippen LogP contribution in [-0.4, -0.2) is 33.2 Å². The molecule has 0 heterocycles. The predicted octanol–water partition coefficient (Wildman–Crippen LogP) is 0.700. The van der Waals surface area contributed by atoms with Gasteiger partial charge in [0, 0.05) is 28.8 Å². The number of hydrogen-bond donors (Lipinski definition) is 3. The first-order chi connectivity index (χ1) is 8.84. The summed E-state index contributed by atoms with van der Waals surface area (Å²) in [5.41, 5.74) is 6.46. The Bertz CT molecular complexity index is 540. The molecule has 0 saturated heterocycles. The number of sulfonamides is 1. The van der Waals surface area contributed by atoms with Crippen LogP contribution in [0.5, 0.6) is 0 Å². The van der Waals surface area contributed by atoms with Crippen molar-refractivity contribution in [1.29, 1.82) is 0 Å². The molecule has 0 fully saturated rings. The smallest absolute Gasteiger partial charge is 0.251 e. The van der Waals surface area contributed by atoms with Crippen molar-refractivity contribution in [3.8, 4) is 0 Å². The highest BCUT2D eigenvalue weighted by Gasteiger charge is 2.11. The molecule has 106 valence electrons. The van der Waals surface area contributed by atoms with E-state index in [-0.39, 0.29) is 18.2 Å². The van der Waals surface area contributed by atoms with Crippen LogP contribution in [0.1, 0.15) is 17.3 Å². The highest BCUT2D eigenvalue weighted by molar-refractivity contribution is 9.10. The van der Waals surface area contributed by atoms with Crippen molar-refractivity contribution in [2.45, 2.75) is 6.92 Å². The van der Waals surface area contributed by atoms with Crippen molar-refractivity contribution >= 4 is 37.5 Å². The van der Waals surface area contributed by atoms with E-state index in [0.717, 1.165) is 0 Å². The molecule has 0 aromatic heterocycles. The molecule has 0 unspecified atom stereocenters. The van der Waals surface area contributed by atoms with Gasteiger partial charge in [0.15, 0.2) is 0 Å². The van der Waals surface area contributed by atoms with Crippen LogP contribution in [0, 0.1) is 0 Å². The Balaban J connectivity index is 2.57. The van der Waals surface area contributed by atoms with Gasteiger partial charge in [-0.3, -0.25) is 4.79 Å². The van der Waals surface area contributed by atoms with Gasteiger partial charge in [-0.15, -0.1) is 0 Å². The largest absolute Gasteiger partial charge is 0.399 e. The molecular formula is C11H16BrN3O3S. The summed E-state index contributed by atoms with van der Waals surface area (Å²) in [5.74, 6) is -0.518. The van der Waals surface area contributed by atoms with Crippen molar-refractivity contribution in [1.82, 2.24) is 10.0 Å². The van der Waals surface area contributed by atoms with Crippen LogP contribution in [0.15, 0.2) is 22.7 Å². The fraction of sp³-hybridized carbons (Fsp3) is 0.364. The van der Waals surface area contributed by atoms with Crippen molar-refractivity contribution in [3.63, 3.8) is 0 Å². The zero-order chi connectivity index (χ0) is 14.5. The molecule has 6 nitrogen and oxygen atoms in total. The van der Waals surface area contributed by atoms with Crippen LogP contribution in [0.3, 0.4) is 0 Å². The summed E-state index contributed by atoms with van der Waals surface area (Å²) in [6, 6.07) is 4.82. The van der Waals surface area contributed by atoms with E-state index in [1.807, 2.05) is 0 Å². The number of hydrogen-bond acceptors (Lipinski definition) is 4. The number of halogens is 1. The van der Waals surface area contributed by atoms with Gasteiger partial charge in [0.1, 0.15) is 0 Å². The lowest BCUT2D eigenvalue weighted by Gasteiger charge is -2.07. The van der Waals surface area contributed by atoms with E-state index in [9.17, 15) is 13.2 Å². The third-order valence-electron chi connectivity index (χ3n) is 2.20. The van der Waals surface area contributed by atoms with Crippen molar-refractivity contribution < 1.29 is 13.2 Å². The predicted molar refractivity (Wildman–Crippen MR) is 78.4 cm³/mol. The van der Waals surface area contributed by atoms with Gasteiger partial charge in [-0.1, -0.05) is 22.9 Å². The summed E-state index contributed by atoms with van der Waals surface area (Å²) >= 11 is 3.24. The quantitative estimate of drug-likeness (QED) is 0.658. The lowest BCUT2D eigenvalue weighted by molar-refractivity contribution is 0.0956. The maximum atomic E-state index is 11.8. The fourth-order valence-corrected chi connectivity index (χ4v) is 2.90. The Hall–Kier alpha value is -1.12. The average Bonchev–Trinajstić information content (AvgIpc) is 2.27. The molecule has 8 heteroatoms. The Kier molecular flexibility index (Phi) is 5.77. The van der Waals surface area contributed by atoms with Gasteiger partial charge in [-0.05, 0) is 18.2 Å². The van der Waals surface area contributed by atoms with E-state index in [1.54, 1.807) is 19.1 Å². The molecule has 19 heavy (non-hydrogen) atoms. The number of nitrogens with two attached hydrogens (primary N) is 1. The van der Waals surface area contributed by atoms with E-state index >= 15 is 0 Å². The molecule has 1 aromatic rings. The first-order valence-corrected chi connectivity index (χ1v) is 8.10. The minimum Gasteiger partial charge on any atom is -0.399 e. The molecule has 0 radical (unpaired) electrons. The minimum atomic E-state index is -3.32. The summed E-state index contributed by atoms with van der Waals surface area (Å²) < 4.78 is 25.8. The second kappa shape index (κ2) is 6.88.